The molecule has 0 amide bonds. The first kappa shape index (κ1) is 71.0. The van der Waals surface area contributed by atoms with Crippen LogP contribution in [-0.2, 0) is 33.3 Å². The number of nitrogens with two attached hydrogens (primary N) is 1. The smallest absolute Gasteiger partial charge is 0.330 e. The highest BCUT2D eigenvalue weighted by molar-refractivity contribution is 5.71. The van der Waals surface area contributed by atoms with E-state index in [1.165, 1.54) is 23.8 Å². The van der Waals surface area contributed by atoms with Crippen molar-refractivity contribution in [3.05, 3.63) is 128 Å². The summed E-state index contributed by atoms with van der Waals surface area (Å²) in [4.78, 5) is 52.9. The summed E-state index contributed by atoms with van der Waals surface area (Å²) in [5.41, 5.74) is 13.8. The van der Waals surface area contributed by atoms with Crippen LogP contribution in [0.3, 0.4) is 0 Å². The minimum atomic E-state index is -2.33. The van der Waals surface area contributed by atoms with E-state index in [2.05, 4.69) is 15.0 Å². The molecule has 0 aromatic carbocycles. The van der Waals surface area contributed by atoms with Gasteiger partial charge in [-0.1, -0.05) is 104 Å². The fourth-order valence-electron chi connectivity index (χ4n) is 10.0. The topological polar surface area (TPSA) is 453 Å². The molecule has 1 aromatic heterocycles. The summed E-state index contributed by atoms with van der Waals surface area (Å²) in [5.74, 6) is -6.83. The number of carbonyl (C=O) groups is 2. The number of rotatable bonds is 6. The first-order valence-corrected chi connectivity index (χ1v) is 28.0. The number of aromatic amines is 1. The molecule has 5 rings (SSSR count). The number of H-pyrrole nitrogens is 1. The Labute approximate surface area is 486 Å². The number of nitrogens with one attached hydrogen (secondary N) is 1. The first-order valence-electron chi connectivity index (χ1n) is 28.0. The minimum Gasteiger partial charge on any atom is -0.481 e. The summed E-state index contributed by atoms with van der Waals surface area (Å²) in [6, 6.07) is -1.69. The van der Waals surface area contributed by atoms with Gasteiger partial charge in [0.25, 0.3) is 5.56 Å². The van der Waals surface area contributed by atoms with Gasteiger partial charge in [-0.2, -0.15) is 0 Å². The van der Waals surface area contributed by atoms with Gasteiger partial charge >= 0.3 is 17.6 Å². The molecular weight excluding hydrogens is 1100 g/mol. The molecule has 27 heteroatoms. The van der Waals surface area contributed by atoms with Crippen molar-refractivity contribution in [3.8, 4) is 0 Å². The second kappa shape index (κ2) is 34.6. The number of nitrogens with zero attached hydrogens (tertiary/aromatic N) is 4. The van der Waals surface area contributed by atoms with E-state index in [-0.39, 0.29) is 44.6 Å². The summed E-state index contributed by atoms with van der Waals surface area (Å²) >= 11 is 0. The maximum absolute atomic E-state index is 12.6. The van der Waals surface area contributed by atoms with E-state index in [0.717, 1.165) is 0 Å². The average molecular weight is 1190 g/mol. The number of allylic oxidation sites excluding steroid dienone is 12. The molecular formula is C57H86N6O21. The molecule has 470 valence electrons. The van der Waals surface area contributed by atoms with Gasteiger partial charge in [0.1, 0.15) is 24.4 Å². The van der Waals surface area contributed by atoms with Gasteiger partial charge in [0.2, 0.25) is 0 Å². The molecule has 27 nitrogen and oxygen atoms in total. The Kier molecular flexibility index (Phi) is 29.2. The molecule has 5 heterocycles. The van der Waals surface area contributed by atoms with Crippen LogP contribution in [0.2, 0.25) is 0 Å². The number of ether oxygens (including phenoxy) is 5. The van der Waals surface area contributed by atoms with Gasteiger partial charge in [-0.25, -0.2) is 4.79 Å². The SMILES string of the molecule is C[C@@H]1[C@H](O)[C@@H](C)/C=C/C=C/C=C/C=C/C=C/C=C/C=C/[C@H](O[C@@H]2O[C@H](C)[C@@H](O)[C@H](N)[C@@H]2O)C[C@@H]2O[C@](O)(C[C@@H](O)C[C@@H](O)[C@H](O)CC[C@@H](O)C[C@@H](O)CC(=O)O[C@H]1C)C[C@H](O)[C@H]2C(=O)O.Cc1cn([C@H]2C[C@H](N=[N+]=[N-])[C@@H](CO)O2)c(=O)[nH]c1=O. The second-order valence-electron chi connectivity index (χ2n) is 21.9. The van der Waals surface area contributed by atoms with Gasteiger partial charge < -0.3 is 90.7 Å². The van der Waals surface area contributed by atoms with Gasteiger partial charge in [-0.3, -0.25) is 23.9 Å². The summed E-state index contributed by atoms with van der Waals surface area (Å²) in [7, 11) is 0. The Hall–Kier alpha value is -5.53. The summed E-state index contributed by atoms with van der Waals surface area (Å²) in [5, 5.41) is 131. The summed E-state index contributed by atoms with van der Waals surface area (Å²) in [6.45, 7) is 8.00. The van der Waals surface area contributed by atoms with Crippen molar-refractivity contribution in [3.63, 3.8) is 0 Å². The van der Waals surface area contributed by atoms with Crippen LogP contribution >= 0.6 is 0 Å². The van der Waals surface area contributed by atoms with Gasteiger partial charge in [0.05, 0.1) is 98.4 Å². The molecule has 3 saturated heterocycles. The predicted octanol–water partition coefficient (Wildman–Crippen LogP) is 0.515. The maximum Gasteiger partial charge on any atom is 0.330 e. The van der Waals surface area contributed by atoms with E-state index in [4.69, 9.17) is 40.1 Å². The van der Waals surface area contributed by atoms with Crippen molar-refractivity contribution in [1.29, 1.82) is 0 Å². The maximum atomic E-state index is 12.6. The number of carbonyl (C=O) groups excluding carboxylic acids is 1. The van der Waals surface area contributed by atoms with Crippen LogP contribution in [0, 0.1) is 24.7 Å². The number of esters is 1. The number of aliphatic hydroxyl groups is 11. The molecule has 0 unspecified atom stereocenters. The van der Waals surface area contributed by atoms with Gasteiger partial charge in [-0.15, -0.1) is 0 Å². The van der Waals surface area contributed by atoms with Crippen molar-refractivity contribution in [2.75, 3.05) is 6.61 Å². The molecule has 4 aliphatic rings. The van der Waals surface area contributed by atoms with E-state index >= 15 is 0 Å². The number of hydrogen-bond acceptors (Lipinski definition) is 22. The number of aliphatic carboxylic acids is 1. The third-order valence-corrected chi connectivity index (χ3v) is 15.1. The third kappa shape index (κ3) is 22.1. The van der Waals surface area contributed by atoms with Crippen LogP contribution in [0.15, 0.2) is 106 Å². The highest BCUT2D eigenvalue weighted by Gasteiger charge is 2.51. The lowest BCUT2D eigenvalue weighted by Crippen LogP contribution is -2.61. The predicted molar refractivity (Wildman–Crippen MR) is 302 cm³/mol. The molecule has 4 aliphatic heterocycles. The lowest BCUT2D eigenvalue weighted by atomic mass is 9.82. The standard InChI is InChI=1S/C47H73NO17.C10H13N5O4/c1-27-17-15-13-11-9-7-5-6-8-10-12-14-16-18-34(64-46-44(58)41(48)43(57)30(4)63-46)24-38-40(45(59)60)37(54)26-47(61,65-38)25-33(51)22-36(53)35(52)20-19-31(49)21-32(50)23-39(55)62-29(3)28(2)42(27)56;1-5-3-15(10(18)12-9(5)17)8-2-6(13-14-11)7(4-16)19-8/h5-18,27-38,40-44,46,49-54,56-58,61H,19-26,48H2,1-4H3,(H,59,60);3,6-8,16H,2,4H2,1H3,(H,12,17,18)/b6-5+,9-7+,10-8+,13-11+,14-12+,17-15+,18-16+;/t27-,28-,29-,30+,31+,32+,33-,34-,35+,36+,37-,38-,40+,41-,42+,43+,44-,46-,47+;6-,7+,8+/m00/s1. The lowest BCUT2D eigenvalue weighted by molar-refractivity contribution is -0.308. The van der Waals surface area contributed by atoms with Crippen LogP contribution in [-0.4, -0.2) is 199 Å². The minimum absolute atomic E-state index is 0.107. The number of azide groups is 1. The van der Waals surface area contributed by atoms with Crippen molar-refractivity contribution in [2.45, 2.75) is 208 Å². The quantitative estimate of drug-likeness (QED) is 0.0799. The molecule has 84 heavy (non-hydrogen) atoms. The van der Waals surface area contributed by atoms with Crippen molar-refractivity contribution >= 4 is 11.9 Å². The highest BCUT2D eigenvalue weighted by Crippen LogP contribution is 2.38. The van der Waals surface area contributed by atoms with Crippen molar-refractivity contribution in [2.24, 2.45) is 28.6 Å². The molecule has 15 N–H and O–H groups in total. The number of fused-ring (bicyclic) bond motifs is 2. The number of aromatic nitrogens is 2. The number of aryl methyl sites for hydroxylation is 1. The summed E-state index contributed by atoms with van der Waals surface area (Å²) < 4.78 is 29.8. The van der Waals surface area contributed by atoms with Gasteiger partial charge in [0.15, 0.2) is 12.1 Å². The zero-order valence-corrected chi connectivity index (χ0v) is 47.8. The van der Waals surface area contributed by atoms with Crippen LogP contribution in [0.4, 0.5) is 0 Å². The Balaban J connectivity index is 0.000000667. The number of aliphatic hydroxyl groups excluding tert-OH is 10. The van der Waals surface area contributed by atoms with Crippen LogP contribution in [0.5, 0.6) is 0 Å². The van der Waals surface area contributed by atoms with Crippen molar-refractivity contribution in [1.82, 2.24) is 9.55 Å². The highest BCUT2D eigenvalue weighted by atomic mass is 16.7. The molecule has 3 fully saturated rings. The second-order valence-corrected chi connectivity index (χ2v) is 21.9. The fourth-order valence-corrected chi connectivity index (χ4v) is 10.0. The Morgan fingerprint density at radius 2 is 1.37 bits per heavy atom. The molecule has 2 bridgehead atoms. The molecule has 1 aromatic rings. The van der Waals surface area contributed by atoms with E-state index in [1.54, 1.807) is 87.6 Å². The van der Waals surface area contributed by atoms with Crippen LogP contribution < -0.4 is 17.0 Å². The molecule has 0 aliphatic carbocycles. The monoisotopic (exact) mass is 1190 g/mol. The molecule has 0 spiro atoms. The van der Waals surface area contributed by atoms with Gasteiger partial charge in [-0.05, 0) is 45.6 Å². The van der Waals surface area contributed by atoms with Crippen molar-refractivity contribution < 1.29 is 94.6 Å². The van der Waals surface area contributed by atoms with Crippen LogP contribution in [0.25, 0.3) is 10.4 Å². The number of carboxylic acids is 1. The normalized spacial score (nSPS) is 41.1. The van der Waals surface area contributed by atoms with E-state index in [9.17, 15) is 75.3 Å². The summed E-state index contributed by atoms with van der Waals surface area (Å²) in [6.07, 6.45) is 3.79. The molecule has 22 atom stereocenters. The number of carboxylic acid groups (broad SMARTS) is 1. The van der Waals surface area contributed by atoms with E-state index in [1.807, 2.05) is 19.1 Å². The van der Waals surface area contributed by atoms with E-state index in [0.29, 0.717) is 5.56 Å². The molecule has 0 saturated carbocycles. The lowest BCUT2D eigenvalue weighted by Gasteiger charge is -2.45. The zero-order chi connectivity index (χ0) is 62.4. The largest absolute Gasteiger partial charge is 0.481 e. The number of cyclic esters (lactones) is 1. The first-order chi connectivity index (χ1) is 39.7. The Morgan fingerprint density at radius 1 is 0.762 bits per heavy atom. The Bertz CT molecular complexity index is 2620. The third-order valence-electron chi connectivity index (χ3n) is 15.1. The molecule has 0 radical (unpaired) electrons. The van der Waals surface area contributed by atoms with E-state index < -0.39 is 177 Å². The Morgan fingerprint density at radius 3 is 1.96 bits per heavy atom. The van der Waals surface area contributed by atoms with Crippen LogP contribution in [0.1, 0.15) is 97.3 Å². The fraction of sp³-hybridized carbons (Fsp3) is 0.649. The zero-order valence-electron chi connectivity index (χ0n) is 47.8. The number of hydrogen-bond donors (Lipinski definition) is 14. The average Bonchev–Trinajstić information content (AvgIpc) is 1.93. The van der Waals surface area contributed by atoms with Gasteiger partial charge in [0, 0.05) is 60.6 Å².